The van der Waals surface area contributed by atoms with Crippen LogP contribution in [-0.2, 0) is 24.1 Å². The Bertz CT molecular complexity index is 2160. The second-order valence-corrected chi connectivity index (χ2v) is 16.1. The molecule has 1 fully saturated rings. The number of benzene rings is 3. The zero-order chi connectivity index (χ0) is 43.4. The molecule has 3 aromatic carbocycles. The van der Waals surface area contributed by atoms with Crippen LogP contribution in [0.3, 0.4) is 0 Å². The number of aromatic nitrogens is 4. The number of fused-ring (bicyclic) bond motifs is 1. The number of methoxy groups -OCH3 is 2. The summed E-state index contributed by atoms with van der Waals surface area (Å²) < 4.78 is 54.8. The van der Waals surface area contributed by atoms with E-state index in [9.17, 15) is 5.26 Å². The number of imidazole rings is 1. The van der Waals surface area contributed by atoms with Gasteiger partial charge in [-0.15, -0.1) is 0 Å². The Morgan fingerprint density at radius 1 is 0.885 bits per heavy atom. The van der Waals surface area contributed by atoms with Gasteiger partial charge < -0.3 is 37.5 Å². The number of ether oxygens (including phenoxy) is 6. The van der Waals surface area contributed by atoms with Crippen molar-refractivity contribution < 1.29 is 37.5 Å². The summed E-state index contributed by atoms with van der Waals surface area (Å²) in [6.07, 6.45) is 3.70. The maximum atomic E-state index is 9.44. The Morgan fingerprint density at radius 2 is 1.49 bits per heavy atom. The van der Waals surface area contributed by atoms with Crippen molar-refractivity contribution in [1.82, 2.24) is 24.2 Å². The molecule has 14 nitrogen and oxygen atoms in total. The van der Waals surface area contributed by atoms with Gasteiger partial charge in [0.1, 0.15) is 42.6 Å². The molecule has 1 saturated heterocycles. The van der Waals surface area contributed by atoms with Crippen LogP contribution >= 0.6 is 8.53 Å². The fourth-order valence-corrected chi connectivity index (χ4v) is 9.10. The predicted molar refractivity (Wildman–Crippen MR) is 234 cm³/mol. The molecule has 0 saturated carbocycles. The molecule has 1 unspecified atom stereocenters. The van der Waals surface area contributed by atoms with Crippen molar-refractivity contribution in [2.24, 2.45) is 0 Å². The summed E-state index contributed by atoms with van der Waals surface area (Å²) in [6, 6.07) is 28.3. The topological polar surface area (TPSA) is 144 Å². The first-order valence-corrected chi connectivity index (χ1v) is 21.4. The summed E-state index contributed by atoms with van der Waals surface area (Å²) in [5, 5.41) is 9.44. The molecule has 1 aliphatic rings. The first kappa shape index (κ1) is 45.1. The lowest BCUT2D eigenvalue weighted by atomic mass is 9.80. The first-order chi connectivity index (χ1) is 29.7. The predicted octanol–water partition coefficient (Wildman–Crippen LogP) is 8.93. The summed E-state index contributed by atoms with van der Waals surface area (Å²) in [6.45, 7) is 16.7. The van der Waals surface area contributed by atoms with Gasteiger partial charge in [0.25, 0.3) is 8.53 Å². The molecule has 0 N–H and O–H groups in total. The lowest BCUT2D eigenvalue weighted by Crippen LogP contribution is -2.39. The third kappa shape index (κ3) is 10.4. The summed E-state index contributed by atoms with van der Waals surface area (Å²) >= 11 is 0. The number of hydrogen-bond donors (Lipinski definition) is 0. The molecule has 0 spiro atoms. The standard InChI is InChI=1S/C46H55N6O8P/c1-9-26-55-44-42-43(49-45(50-44)56-27-10-2)51(31-48-42)41-29-39(60-61(58-28-14-25-47)52(32(3)4)33(5)6)40(59-41)30-57-46(34-15-12-11-13-16-34,35-17-21-37(53-7)22-18-35)36-19-23-38(54-8)24-20-36/h9-13,15-24,31-33,39-41H,1-2,14,26-30H2,3-8H3/t39-,40+,41+,61?/m0/s1. The van der Waals surface area contributed by atoms with E-state index >= 15 is 0 Å². The van der Waals surface area contributed by atoms with E-state index in [4.69, 9.17) is 42.5 Å². The molecule has 322 valence electrons. The van der Waals surface area contributed by atoms with Crippen LogP contribution in [0.5, 0.6) is 23.4 Å². The van der Waals surface area contributed by atoms with E-state index in [2.05, 4.69) is 73.7 Å². The minimum Gasteiger partial charge on any atom is -0.497 e. The van der Waals surface area contributed by atoms with Gasteiger partial charge in [-0.3, -0.25) is 4.57 Å². The van der Waals surface area contributed by atoms with Gasteiger partial charge in [0.05, 0.1) is 52.4 Å². The molecule has 3 heterocycles. The summed E-state index contributed by atoms with van der Waals surface area (Å²) in [4.78, 5) is 13.9. The fraction of sp³-hybridized carbons (Fsp3) is 0.391. The van der Waals surface area contributed by atoms with E-state index in [1.807, 2.05) is 71.3 Å². The normalized spacial score (nSPS) is 17.1. The van der Waals surface area contributed by atoms with Gasteiger partial charge in [0, 0.05) is 18.5 Å². The lowest BCUT2D eigenvalue weighted by molar-refractivity contribution is -0.0912. The number of nitriles is 1. The van der Waals surface area contributed by atoms with Gasteiger partial charge in [-0.25, -0.2) is 9.65 Å². The van der Waals surface area contributed by atoms with E-state index in [-0.39, 0.29) is 56.8 Å². The van der Waals surface area contributed by atoms with Crippen LogP contribution in [0.1, 0.15) is 63.5 Å². The second-order valence-electron chi connectivity index (χ2n) is 14.7. The van der Waals surface area contributed by atoms with Crippen molar-refractivity contribution >= 4 is 19.7 Å². The Balaban J connectivity index is 1.46. The van der Waals surface area contributed by atoms with Crippen LogP contribution in [0.15, 0.2) is 111 Å². The molecule has 0 bridgehead atoms. The molecule has 0 radical (unpaired) electrons. The van der Waals surface area contributed by atoms with E-state index in [0.29, 0.717) is 29.1 Å². The van der Waals surface area contributed by atoms with Crippen molar-refractivity contribution in [1.29, 1.82) is 5.26 Å². The zero-order valence-corrected chi connectivity index (χ0v) is 36.6. The van der Waals surface area contributed by atoms with Gasteiger partial charge in [-0.2, -0.15) is 15.2 Å². The molecule has 0 aliphatic carbocycles. The SMILES string of the molecule is C=CCOc1nc(OCC=C)c2ncn([C@H]3C[C@H](OP(OCCC#N)N(C(C)C)C(C)C)[C@@H](COC(c4ccccc4)(c4ccc(OC)cc4)c4ccc(OC)cc4)O3)c2n1. The highest BCUT2D eigenvalue weighted by atomic mass is 31.2. The molecule has 6 rings (SSSR count). The Labute approximate surface area is 359 Å². The smallest absolute Gasteiger partial charge is 0.322 e. The van der Waals surface area contributed by atoms with Crippen molar-refractivity contribution in [2.75, 3.05) is 40.6 Å². The number of nitrogens with zero attached hydrogens (tertiary/aromatic N) is 6. The third-order valence-electron chi connectivity index (χ3n) is 10.1. The monoisotopic (exact) mass is 850 g/mol. The van der Waals surface area contributed by atoms with Gasteiger partial charge >= 0.3 is 6.01 Å². The third-order valence-corrected chi connectivity index (χ3v) is 12.2. The number of rotatable bonds is 23. The summed E-state index contributed by atoms with van der Waals surface area (Å²) in [7, 11) is 1.63. The summed E-state index contributed by atoms with van der Waals surface area (Å²) in [5.41, 5.74) is 2.42. The van der Waals surface area contributed by atoms with Gasteiger partial charge in [0.15, 0.2) is 11.2 Å². The van der Waals surface area contributed by atoms with E-state index < -0.39 is 32.6 Å². The van der Waals surface area contributed by atoms with Gasteiger partial charge in [0.2, 0.25) is 5.88 Å². The Morgan fingerprint density at radius 3 is 2.07 bits per heavy atom. The van der Waals surface area contributed by atoms with Crippen molar-refractivity contribution in [3.63, 3.8) is 0 Å². The molecule has 15 heteroatoms. The molecule has 1 aliphatic heterocycles. The van der Waals surface area contributed by atoms with Crippen molar-refractivity contribution in [3.05, 3.63) is 127 Å². The van der Waals surface area contributed by atoms with Crippen LogP contribution in [0.25, 0.3) is 11.2 Å². The highest BCUT2D eigenvalue weighted by Crippen LogP contribution is 2.51. The minimum absolute atomic E-state index is 0.0779. The Kier molecular flexibility index (Phi) is 15.8. The lowest BCUT2D eigenvalue weighted by Gasteiger charge is -2.39. The van der Waals surface area contributed by atoms with Gasteiger partial charge in [-0.1, -0.05) is 79.9 Å². The molecule has 61 heavy (non-hydrogen) atoms. The number of hydrogen-bond acceptors (Lipinski definition) is 13. The maximum absolute atomic E-state index is 9.44. The highest BCUT2D eigenvalue weighted by molar-refractivity contribution is 7.44. The minimum atomic E-state index is -1.66. The van der Waals surface area contributed by atoms with E-state index in [1.165, 1.54) is 0 Å². The zero-order valence-electron chi connectivity index (χ0n) is 35.7. The molecule has 5 aromatic rings. The average molecular weight is 851 g/mol. The van der Waals surface area contributed by atoms with Crippen LogP contribution in [-0.4, -0.2) is 89.1 Å². The molecule has 4 atom stereocenters. The van der Waals surface area contributed by atoms with Crippen LogP contribution in [0, 0.1) is 11.3 Å². The largest absolute Gasteiger partial charge is 0.497 e. The van der Waals surface area contributed by atoms with Crippen LogP contribution in [0.2, 0.25) is 0 Å². The average Bonchev–Trinajstić information content (AvgIpc) is 3.89. The van der Waals surface area contributed by atoms with E-state index in [1.54, 1.807) is 32.7 Å². The summed E-state index contributed by atoms with van der Waals surface area (Å²) in [5.74, 6) is 1.68. The van der Waals surface area contributed by atoms with Crippen LogP contribution in [0.4, 0.5) is 0 Å². The Hall–Kier alpha value is -5.39. The maximum Gasteiger partial charge on any atom is 0.322 e. The second kappa shape index (κ2) is 21.4. The molecular formula is C46H55N6O8P. The molecular weight excluding hydrogens is 796 g/mol. The van der Waals surface area contributed by atoms with E-state index in [0.717, 1.165) is 16.7 Å². The molecule has 0 amide bonds. The molecule has 2 aromatic heterocycles. The quantitative estimate of drug-likeness (QED) is 0.0267. The fourth-order valence-electron chi connectivity index (χ4n) is 7.34. The highest BCUT2D eigenvalue weighted by Gasteiger charge is 2.45. The van der Waals surface area contributed by atoms with Crippen LogP contribution < -0.4 is 18.9 Å². The first-order valence-electron chi connectivity index (χ1n) is 20.3. The van der Waals surface area contributed by atoms with Gasteiger partial charge in [-0.05, 0) is 68.7 Å². The van der Waals surface area contributed by atoms with Crippen molar-refractivity contribution in [2.45, 2.75) is 76.7 Å². The van der Waals surface area contributed by atoms with Crippen molar-refractivity contribution in [3.8, 4) is 29.5 Å².